The largest absolute Gasteiger partial charge is 0.494 e. The normalized spacial score (nSPS) is 13.8. The maximum Gasteiger partial charge on any atom is 0.251 e. The van der Waals surface area contributed by atoms with Gasteiger partial charge in [0.1, 0.15) is 11.6 Å². The van der Waals surface area contributed by atoms with E-state index in [0.29, 0.717) is 5.82 Å². The summed E-state index contributed by atoms with van der Waals surface area (Å²) in [4.78, 5) is 23.0. The third-order valence-corrected chi connectivity index (χ3v) is 3.94. The Kier molecular flexibility index (Phi) is 4.88. The minimum atomic E-state index is -0.572. The molecule has 6 nitrogen and oxygen atoms in total. The van der Waals surface area contributed by atoms with Crippen LogP contribution in [-0.2, 0) is 6.54 Å². The van der Waals surface area contributed by atoms with Crippen molar-refractivity contribution >= 4 is 11.7 Å². The van der Waals surface area contributed by atoms with Crippen LogP contribution in [0, 0.1) is 5.82 Å². The molecule has 1 aliphatic rings. The summed E-state index contributed by atoms with van der Waals surface area (Å²) < 4.78 is 18.5. The topological polar surface area (TPSA) is 67.3 Å². The molecule has 1 fully saturated rings. The zero-order valence-electron chi connectivity index (χ0n) is 13.5. The molecule has 0 radical (unpaired) electrons. The quantitative estimate of drug-likeness (QED) is 0.910. The number of halogens is 1. The van der Waals surface area contributed by atoms with Crippen LogP contribution in [0.2, 0.25) is 0 Å². The number of carbonyl (C=O) groups is 1. The number of benzene rings is 1. The molecule has 126 valence electrons. The highest BCUT2D eigenvalue weighted by Crippen LogP contribution is 2.18. The first-order chi connectivity index (χ1) is 11.7. The molecule has 1 aliphatic heterocycles. The molecule has 3 rings (SSSR count). The van der Waals surface area contributed by atoms with Gasteiger partial charge in [0.05, 0.1) is 13.7 Å². The maximum absolute atomic E-state index is 13.7. The van der Waals surface area contributed by atoms with Gasteiger partial charge in [-0.15, -0.1) is 0 Å². The number of hydrogen-bond donors (Lipinski definition) is 1. The van der Waals surface area contributed by atoms with Crippen molar-refractivity contribution in [2.45, 2.75) is 19.4 Å². The summed E-state index contributed by atoms with van der Waals surface area (Å²) in [6, 6.07) is 5.96. The maximum atomic E-state index is 13.7. The lowest BCUT2D eigenvalue weighted by Gasteiger charge is -2.16. The Bertz CT molecular complexity index is 732. The second-order valence-corrected chi connectivity index (χ2v) is 5.56. The molecule has 0 atom stereocenters. The average Bonchev–Trinajstić information content (AvgIpc) is 3.14. The molecule has 1 N–H and O–H groups in total. The minimum absolute atomic E-state index is 0.105. The summed E-state index contributed by atoms with van der Waals surface area (Å²) in [6.45, 7) is 2.18. The third-order valence-electron chi connectivity index (χ3n) is 3.94. The monoisotopic (exact) mass is 330 g/mol. The summed E-state index contributed by atoms with van der Waals surface area (Å²) in [5, 5.41) is 2.71. The number of carbonyl (C=O) groups excluding carboxylic acids is 1. The standard InChI is InChI=1S/C17H19FN4O2/c1-24-14-5-4-12(10-13(14)18)17(23)20-11-15-19-7-6-16(21-15)22-8-2-3-9-22/h4-7,10H,2-3,8-9,11H2,1H3,(H,20,23). The molecule has 0 bridgehead atoms. The van der Waals surface area contributed by atoms with Crippen LogP contribution in [0.15, 0.2) is 30.5 Å². The van der Waals surface area contributed by atoms with Crippen LogP contribution in [0.5, 0.6) is 5.75 Å². The Balaban J connectivity index is 1.63. The summed E-state index contributed by atoms with van der Waals surface area (Å²) in [5.74, 6) is 0.557. The van der Waals surface area contributed by atoms with Gasteiger partial charge in [-0.25, -0.2) is 14.4 Å². The molecule has 0 saturated carbocycles. The lowest BCUT2D eigenvalue weighted by atomic mass is 10.2. The van der Waals surface area contributed by atoms with Gasteiger partial charge in [0.2, 0.25) is 0 Å². The molecule has 2 heterocycles. The summed E-state index contributed by atoms with van der Waals surface area (Å²) in [6.07, 6.45) is 4.02. The predicted octanol–water partition coefficient (Wildman–Crippen LogP) is 2.15. The van der Waals surface area contributed by atoms with Gasteiger partial charge < -0.3 is 15.0 Å². The Labute approximate surface area is 139 Å². The molecule has 24 heavy (non-hydrogen) atoms. The Morgan fingerprint density at radius 3 is 2.83 bits per heavy atom. The van der Waals surface area contributed by atoms with Crippen LogP contribution >= 0.6 is 0 Å². The molecule has 1 amide bonds. The average molecular weight is 330 g/mol. The smallest absolute Gasteiger partial charge is 0.251 e. The molecule has 1 saturated heterocycles. The van der Waals surface area contributed by atoms with Gasteiger partial charge in [-0.3, -0.25) is 4.79 Å². The van der Waals surface area contributed by atoms with E-state index in [2.05, 4.69) is 20.2 Å². The van der Waals surface area contributed by atoms with Crippen molar-refractivity contribution in [1.82, 2.24) is 15.3 Å². The molecule has 0 aliphatic carbocycles. The van der Waals surface area contributed by atoms with Crippen molar-refractivity contribution in [2.75, 3.05) is 25.1 Å². The Morgan fingerprint density at radius 2 is 2.12 bits per heavy atom. The predicted molar refractivity (Wildman–Crippen MR) is 87.6 cm³/mol. The van der Waals surface area contributed by atoms with Gasteiger partial charge in [0, 0.05) is 24.8 Å². The van der Waals surface area contributed by atoms with E-state index in [9.17, 15) is 9.18 Å². The second-order valence-electron chi connectivity index (χ2n) is 5.56. The van der Waals surface area contributed by atoms with Crippen LogP contribution in [0.4, 0.5) is 10.2 Å². The third kappa shape index (κ3) is 3.61. The van der Waals surface area contributed by atoms with Crippen LogP contribution in [0.25, 0.3) is 0 Å². The first kappa shape index (κ1) is 16.2. The van der Waals surface area contributed by atoms with Gasteiger partial charge >= 0.3 is 0 Å². The van der Waals surface area contributed by atoms with E-state index in [-0.39, 0.29) is 23.8 Å². The number of amides is 1. The first-order valence-electron chi connectivity index (χ1n) is 7.86. The van der Waals surface area contributed by atoms with Gasteiger partial charge in [0.15, 0.2) is 11.6 Å². The van der Waals surface area contributed by atoms with Crippen molar-refractivity contribution in [3.63, 3.8) is 0 Å². The molecule has 1 aromatic carbocycles. The van der Waals surface area contributed by atoms with Crippen molar-refractivity contribution in [3.05, 3.63) is 47.7 Å². The number of rotatable bonds is 5. The van der Waals surface area contributed by atoms with E-state index >= 15 is 0 Å². The van der Waals surface area contributed by atoms with Gasteiger partial charge in [-0.05, 0) is 37.1 Å². The molecule has 2 aromatic rings. The number of nitrogens with zero attached hydrogens (tertiary/aromatic N) is 3. The SMILES string of the molecule is COc1ccc(C(=O)NCc2nccc(N3CCCC3)n2)cc1F. The first-order valence-corrected chi connectivity index (χ1v) is 7.86. The van der Waals surface area contributed by atoms with Crippen LogP contribution in [0.1, 0.15) is 29.0 Å². The van der Waals surface area contributed by atoms with Crippen molar-refractivity contribution < 1.29 is 13.9 Å². The van der Waals surface area contributed by atoms with E-state index < -0.39 is 5.82 Å². The highest BCUT2D eigenvalue weighted by molar-refractivity contribution is 5.94. The van der Waals surface area contributed by atoms with Gasteiger partial charge in [-0.1, -0.05) is 0 Å². The summed E-state index contributed by atoms with van der Waals surface area (Å²) in [5.41, 5.74) is 0.226. The van der Waals surface area contributed by atoms with Gasteiger partial charge in [-0.2, -0.15) is 0 Å². The molecule has 1 aromatic heterocycles. The van der Waals surface area contributed by atoms with E-state index in [1.165, 1.54) is 32.1 Å². The van der Waals surface area contributed by atoms with E-state index in [1.54, 1.807) is 6.20 Å². The van der Waals surface area contributed by atoms with Gasteiger partial charge in [0.25, 0.3) is 5.91 Å². The Hall–Kier alpha value is -2.70. The summed E-state index contributed by atoms with van der Waals surface area (Å²) in [7, 11) is 1.38. The van der Waals surface area contributed by atoms with Crippen LogP contribution in [-0.4, -0.2) is 36.1 Å². The molecular weight excluding hydrogens is 311 g/mol. The fraction of sp³-hybridized carbons (Fsp3) is 0.353. The minimum Gasteiger partial charge on any atom is -0.494 e. The lowest BCUT2D eigenvalue weighted by Crippen LogP contribution is -2.25. The molecule has 7 heteroatoms. The molecule has 0 unspecified atom stereocenters. The van der Waals surface area contributed by atoms with Crippen LogP contribution in [0.3, 0.4) is 0 Å². The fourth-order valence-corrected chi connectivity index (χ4v) is 2.66. The van der Waals surface area contributed by atoms with Crippen molar-refractivity contribution in [1.29, 1.82) is 0 Å². The van der Waals surface area contributed by atoms with E-state index in [0.717, 1.165) is 25.0 Å². The highest BCUT2D eigenvalue weighted by Gasteiger charge is 2.15. The Morgan fingerprint density at radius 1 is 1.33 bits per heavy atom. The van der Waals surface area contributed by atoms with Crippen molar-refractivity contribution in [3.8, 4) is 5.75 Å². The number of ether oxygens (including phenoxy) is 1. The van der Waals surface area contributed by atoms with Crippen LogP contribution < -0.4 is 15.0 Å². The molecular formula is C17H19FN4O2. The lowest BCUT2D eigenvalue weighted by molar-refractivity contribution is 0.0949. The zero-order valence-corrected chi connectivity index (χ0v) is 13.5. The number of anilines is 1. The summed E-state index contributed by atoms with van der Waals surface area (Å²) >= 11 is 0. The number of methoxy groups -OCH3 is 1. The highest BCUT2D eigenvalue weighted by atomic mass is 19.1. The fourth-order valence-electron chi connectivity index (χ4n) is 2.66. The second kappa shape index (κ2) is 7.25. The van der Waals surface area contributed by atoms with Crippen molar-refractivity contribution in [2.24, 2.45) is 0 Å². The number of nitrogens with one attached hydrogen (secondary N) is 1. The number of hydrogen-bond acceptors (Lipinski definition) is 5. The molecule has 0 spiro atoms. The zero-order chi connectivity index (χ0) is 16.9. The number of aromatic nitrogens is 2. The van der Waals surface area contributed by atoms with E-state index in [1.807, 2.05) is 6.07 Å². The van der Waals surface area contributed by atoms with E-state index in [4.69, 9.17) is 4.74 Å².